The van der Waals surface area contributed by atoms with Gasteiger partial charge in [0, 0.05) is 0 Å². The molecule has 0 aromatic heterocycles. The molecule has 2 N–H and O–H groups in total. The molecule has 1 atom stereocenters. The van der Waals surface area contributed by atoms with Crippen LogP contribution in [0.4, 0.5) is 5.69 Å². The van der Waals surface area contributed by atoms with Crippen molar-refractivity contribution in [2.45, 2.75) is 51.5 Å². The van der Waals surface area contributed by atoms with Gasteiger partial charge in [0.15, 0.2) is 0 Å². The van der Waals surface area contributed by atoms with Gasteiger partial charge in [0.05, 0.1) is 18.8 Å². The molecule has 0 spiro atoms. The summed E-state index contributed by atoms with van der Waals surface area (Å²) < 4.78 is 5.37. The fraction of sp³-hybridized carbons (Fsp3) is 0.588. The number of hydrogen-bond acceptors (Lipinski definition) is 3. The van der Waals surface area contributed by atoms with Gasteiger partial charge in [-0.3, -0.25) is 4.79 Å². The van der Waals surface area contributed by atoms with Crippen LogP contribution >= 0.6 is 0 Å². The number of hydrogen-bond donors (Lipinski definition) is 2. The van der Waals surface area contributed by atoms with Crippen LogP contribution in [0.1, 0.15) is 45.6 Å². The van der Waals surface area contributed by atoms with Gasteiger partial charge in [0.1, 0.15) is 5.75 Å². The minimum atomic E-state index is -0.0956. The van der Waals surface area contributed by atoms with Crippen LogP contribution in [0.15, 0.2) is 18.2 Å². The molecule has 4 heteroatoms. The molecule has 21 heavy (non-hydrogen) atoms. The second-order valence-electron chi connectivity index (χ2n) is 6.66. The van der Waals surface area contributed by atoms with Gasteiger partial charge < -0.3 is 15.4 Å². The van der Waals surface area contributed by atoms with Gasteiger partial charge in [-0.1, -0.05) is 33.3 Å². The van der Waals surface area contributed by atoms with E-state index in [1.165, 1.54) is 5.56 Å². The number of carbonyl (C=O) groups is 1. The Bertz CT molecular complexity index is 500. The Morgan fingerprint density at radius 1 is 1.33 bits per heavy atom. The van der Waals surface area contributed by atoms with Crippen LogP contribution in [0.2, 0.25) is 0 Å². The third-order valence-electron chi connectivity index (χ3n) is 3.95. The van der Waals surface area contributed by atoms with Crippen LogP contribution < -0.4 is 15.4 Å². The van der Waals surface area contributed by atoms with Gasteiger partial charge >= 0.3 is 0 Å². The maximum absolute atomic E-state index is 12.4. The van der Waals surface area contributed by atoms with Crippen LogP contribution in [0, 0.1) is 0 Å². The number of piperidine rings is 1. The molecule has 1 amide bonds. The van der Waals surface area contributed by atoms with Crippen molar-refractivity contribution in [3.63, 3.8) is 0 Å². The van der Waals surface area contributed by atoms with E-state index < -0.39 is 0 Å². The van der Waals surface area contributed by atoms with Gasteiger partial charge in [0.25, 0.3) is 0 Å². The van der Waals surface area contributed by atoms with Gasteiger partial charge in [0.2, 0.25) is 5.91 Å². The predicted molar refractivity (Wildman–Crippen MR) is 86.0 cm³/mol. The smallest absolute Gasteiger partial charge is 0.241 e. The summed E-state index contributed by atoms with van der Waals surface area (Å²) >= 11 is 0. The first kappa shape index (κ1) is 15.8. The SMILES string of the molecule is COc1ccc(C(C)(C)C)cc1NC(=O)C1CCCCN1. The highest BCUT2D eigenvalue weighted by atomic mass is 16.5. The molecule has 0 radical (unpaired) electrons. The molecule has 0 saturated carbocycles. The third kappa shape index (κ3) is 3.97. The van der Waals surface area contributed by atoms with E-state index in [1.54, 1.807) is 7.11 Å². The lowest BCUT2D eigenvalue weighted by atomic mass is 9.87. The lowest BCUT2D eigenvalue weighted by Gasteiger charge is -2.24. The minimum Gasteiger partial charge on any atom is -0.495 e. The summed E-state index contributed by atoms with van der Waals surface area (Å²) in [4.78, 5) is 12.4. The third-order valence-corrected chi connectivity index (χ3v) is 3.95. The lowest BCUT2D eigenvalue weighted by Crippen LogP contribution is -2.43. The van der Waals surface area contributed by atoms with Gasteiger partial charge in [-0.15, -0.1) is 0 Å². The number of carbonyl (C=O) groups excluding carboxylic acids is 1. The summed E-state index contributed by atoms with van der Waals surface area (Å²) in [7, 11) is 1.63. The van der Waals surface area contributed by atoms with Crippen molar-refractivity contribution < 1.29 is 9.53 Å². The summed E-state index contributed by atoms with van der Waals surface area (Å²) in [6.45, 7) is 7.38. The fourth-order valence-electron chi connectivity index (χ4n) is 2.57. The largest absolute Gasteiger partial charge is 0.495 e. The topological polar surface area (TPSA) is 50.4 Å². The van der Waals surface area contributed by atoms with E-state index in [4.69, 9.17) is 4.74 Å². The highest BCUT2D eigenvalue weighted by Crippen LogP contribution is 2.31. The summed E-state index contributed by atoms with van der Waals surface area (Å²) in [5.74, 6) is 0.728. The molecule has 2 rings (SSSR count). The summed E-state index contributed by atoms with van der Waals surface area (Å²) in [5.41, 5.74) is 1.96. The Labute approximate surface area is 127 Å². The zero-order valence-corrected chi connectivity index (χ0v) is 13.5. The first-order valence-electron chi connectivity index (χ1n) is 7.64. The molecule has 1 saturated heterocycles. The first-order valence-corrected chi connectivity index (χ1v) is 7.64. The lowest BCUT2D eigenvalue weighted by molar-refractivity contribution is -0.118. The zero-order valence-electron chi connectivity index (χ0n) is 13.5. The van der Waals surface area contributed by atoms with Gasteiger partial charge in [-0.2, -0.15) is 0 Å². The average Bonchev–Trinajstić information content (AvgIpc) is 2.47. The average molecular weight is 290 g/mol. The van der Waals surface area contributed by atoms with Crippen molar-refractivity contribution in [3.05, 3.63) is 23.8 Å². The van der Waals surface area contributed by atoms with E-state index in [0.717, 1.165) is 31.5 Å². The number of methoxy groups -OCH3 is 1. The maximum Gasteiger partial charge on any atom is 0.241 e. The summed E-state index contributed by atoms with van der Waals surface area (Å²) in [5, 5.41) is 6.29. The highest BCUT2D eigenvalue weighted by Gasteiger charge is 2.22. The fourth-order valence-corrected chi connectivity index (χ4v) is 2.57. The Morgan fingerprint density at radius 3 is 2.67 bits per heavy atom. The Hall–Kier alpha value is -1.55. The summed E-state index contributed by atoms with van der Waals surface area (Å²) in [6.07, 6.45) is 3.14. The quantitative estimate of drug-likeness (QED) is 0.899. The molecule has 4 nitrogen and oxygen atoms in total. The highest BCUT2D eigenvalue weighted by molar-refractivity contribution is 5.96. The second-order valence-corrected chi connectivity index (χ2v) is 6.66. The molecule has 116 valence electrons. The van der Waals surface area contributed by atoms with Crippen molar-refractivity contribution in [2.24, 2.45) is 0 Å². The van der Waals surface area contributed by atoms with E-state index in [1.807, 2.05) is 18.2 Å². The Balaban J connectivity index is 2.18. The van der Waals surface area contributed by atoms with Crippen LogP contribution in [-0.4, -0.2) is 25.6 Å². The Kier molecular flexibility index (Phi) is 4.88. The zero-order chi connectivity index (χ0) is 15.5. The number of rotatable bonds is 3. The minimum absolute atomic E-state index is 0.0269. The first-order chi connectivity index (χ1) is 9.91. The van der Waals surface area contributed by atoms with Crippen molar-refractivity contribution in [1.82, 2.24) is 5.32 Å². The van der Waals surface area contributed by atoms with E-state index in [0.29, 0.717) is 5.75 Å². The number of ether oxygens (including phenoxy) is 1. The monoisotopic (exact) mass is 290 g/mol. The van der Waals surface area contributed by atoms with Gasteiger partial charge in [-0.25, -0.2) is 0 Å². The number of benzene rings is 1. The summed E-state index contributed by atoms with van der Waals surface area (Å²) in [6, 6.07) is 5.89. The molecule has 1 heterocycles. The number of nitrogens with one attached hydrogen (secondary N) is 2. The van der Waals surface area contributed by atoms with Crippen molar-refractivity contribution >= 4 is 11.6 Å². The van der Waals surface area contributed by atoms with Crippen LogP contribution in [-0.2, 0) is 10.2 Å². The normalized spacial score (nSPS) is 19.1. The molecular weight excluding hydrogens is 264 g/mol. The molecule has 1 unspecified atom stereocenters. The van der Waals surface area contributed by atoms with Crippen molar-refractivity contribution in [1.29, 1.82) is 0 Å². The maximum atomic E-state index is 12.4. The van der Waals surface area contributed by atoms with E-state index in [-0.39, 0.29) is 17.4 Å². The van der Waals surface area contributed by atoms with Crippen LogP contribution in [0.25, 0.3) is 0 Å². The molecule has 1 aliphatic heterocycles. The van der Waals surface area contributed by atoms with Crippen molar-refractivity contribution in [3.8, 4) is 5.75 Å². The van der Waals surface area contributed by atoms with Crippen LogP contribution in [0.3, 0.4) is 0 Å². The molecule has 1 fully saturated rings. The molecule has 0 aliphatic carbocycles. The number of amides is 1. The predicted octanol–water partition coefficient (Wildman–Crippen LogP) is 3.07. The van der Waals surface area contributed by atoms with E-state index >= 15 is 0 Å². The van der Waals surface area contributed by atoms with Crippen molar-refractivity contribution in [2.75, 3.05) is 19.0 Å². The van der Waals surface area contributed by atoms with E-state index in [2.05, 4.69) is 31.4 Å². The second kappa shape index (κ2) is 6.48. The molecular formula is C17H26N2O2. The van der Waals surface area contributed by atoms with E-state index in [9.17, 15) is 4.79 Å². The molecule has 0 bridgehead atoms. The molecule has 1 aliphatic rings. The van der Waals surface area contributed by atoms with Crippen LogP contribution in [0.5, 0.6) is 5.75 Å². The Morgan fingerprint density at radius 2 is 2.10 bits per heavy atom. The standard InChI is InChI=1S/C17H26N2O2/c1-17(2,3)12-8-9-15(21-4)14(11-12)19-16(20)13-7-5-6-10-18-13/h8-9,11,13,18H,5-7,10H2,1-4H3,(H,19,20). The van der Waals surface area contributed by atoms with Gasteiger partial charge in [-0.05, 0) is 42.5 Å². The number of anilines is 1. The molecule has 1 aromatic carbocycles. The molecule has 1 aromatic rings.